The highest BCUT2D eigenvalue weighted by Crippen LogP contribution is 2.39. The summed E-state index contributed by atoms with van der Waals surface area (Å²) in [6.45, 7) is 4.21. The molecule has 86 valence electrons. The maximum atomic E-state index is 12.1. The lowest BCUT2D eigenvalue weighted by molar-refractivity contribution is 0.101. The molecule has 0 atom stereocenters. The Morgan fingerprint density at radius 2 is 2.12 bits per heavy atom. The number of hydrogen-bond acceptors (Lipinski definition) is 3. The summed E-state index contributed by atoms with van der Waals surface area (Å²) in [5, 5.41) is 0. The molecule has 0 bridgehead atoms. The van der Waals surface area contributed by atoms with E-state index in [-0.39, 0.29) is 5.78 Å². The van der Waals surface area contributed by atoms with E-state index >= 15 is 0 Å². The van der Waals surface area contributed by atoms with Gasteiger partial charge < -0.3 is 9.47 Å². The molecule has 1 aromatic rings. The summed E-state index contributed by atoms with van der Waals surface area (Å²) in [5.41, 5.74) is 3.54. The molecule has 0 aromatic heterocycles. The summed E-state index contributed by atoms with van der Waals surface area (Å²) < 4.78 is 11.0. The summed E-state index contributed by atoms with van der Waals surface area (Å²) in [4.78, 5) is 12.1. The molecule has 1 aromatic carbocycles. The smallest absolute Gasteiger partial charge is 0.231 e. The lowest BCUT2D eigenvalue weighted by Gasteiger charge is -2.14. The van der Waals surface area contributed by atoms with E-state index in [4.69, 9.17) is 9.47 Å². The van der Waals surface area contributed by atoms with Crippen molar-refractivity contribution in [2.24, 2.45) is 0 Å². The zero-order chi connectivity index (χ0) is 12.0. The zero-order valence-corrected chi connectivity index (χ0v) is 9.74. The molecule has 2 heterocycles. The Balaban J connectivity index is 2.21. The van der Waals surface area contributed by atoms with E-state index in [1.54, 1.807) is 6.26 Å². The topological polar surface area (TPSA) is 35.5 Å². The van der Waals surface area contributed by atoms with E-state index in [1.807, 2.05) is 32.1 Å². The van der Waals surface area contributed by atoms with Gasteiger partial charge in [-0.3, -0.25) is 4.79 Å². The van der Waals surface area contributed by atoms with Crippen LogP contribution in [0.5, 0.6) is 5.75 Å². The molecule has 0 saturated heterocycles. The molecule has 2 aliphatic rings. The minimum absolute atomic E-state index is 0.0302. The van der Waals surface area contributed by atoms with Gasteiger partial charge >= 0.3 is 0 Å². The first-order chi connectivity index (χ1) is 8.18. The van der Waals surface area contributed by atoms with Gasteiger partial charge in [0.05, 0.1) is 11.8 Å². The molecule has 0 fully saturated rings. The van der Waals surface area contributed by atoms with Crippen LogP contribution in [0.3, 0.4) is 0 Å². The van der Waals surface area contributed by atoms with Crippen molar-refractivity contribution in [3.63, 3.8) is 0 Å². The Morgan fingerprint density at radius 3 is 2.88 bits per heavy atom. The van der Waals surface area contributed by atoms with Crippen LogP contribution in [0.2, 0.25) is 0 Å². The van der Waals surface area contributed by atoms with Crippen LogP contribution in [0.4, 0.5) is 0 Å². The summed E-state index contributed by atoms with van der Waals surface area (Å²) in [6, 6.07) is 3.75. The monoisotopic (exact) mass is 228 g/mol. The zero-order valence-electron chi connectivity index (χ0n) is 9.74. The van der Waals surface area contributed by atoms with E-state index < -0.39 is 0 Å². The molecule has 2 aliphatic heterocycles. The van der Waals surface area contributed by atoms with Crippen molar-refractivity contribution >= 4 is 11.9 Å². The minimum Gasteiger partial charge on any atom is -0.496 e. The average Bonchev–Trinajstić information content (AvgIpc) is 2.67. The molecular formula is C14H12O3. The highest BCUT2D eigenvalue weighted by Gasteiger charge is 2.31. The second-order valence-corrected chi connectivity index (χ2v) is 4.38. The van der Waals surface area contributed by atoms with Crippen molar-refractivity contribution in [2.75, 3.05) is 0 Å². The highest BCUT2D eigenvalue weighted by atomic mass is 16.5. The molecule has 0 aliphatic carbocycles. The fraction of sp³-hybridized carbons (Fsp3) is 0.214. The number of fused-ring (bicyclic) bond motifs is 3. The molecule has 3 nitrogen and oxygen atoms in total. The fourth-order valence-corrected chi connectivity index (χ4v) is 2.10. The van der Waals surface area contributed by atoms with E-state index in [0.29, 0.717) is 23.7 Å². The second-order valence-electron chi connectivity index (χ2n) is 4.38. The van der Waals surface area contributed by atoms with Crippen LogP contribution < -0.4 is 4.74 Å². The number of ether oxygens (including phenoxy) is 2. The first-order valence-electron chi connectivity index (χ1n) is 5.52. The number of Topliss-reactive ketones (excluding diaryl/α,β-unsaturated/α-hetero) is 1. The quantitative estimate of drug-likeness (QED) is 0.640. The van der Waals surface area contributed by atoms with E-state index in [1.165, 1.54) is 0 Å². The summed E-state index contributed by atoms with van der Waals surface area (Å²) >= 11 is 0. The molecule has 0 spiro atoms. The van der Waals surface area contributed by atoms with Crippen molar-refractivity contribution < 1.29 is 14.3 Å². The number of rotatable bonds is 0. The molecule has 3 heteroatoms. The van der Waals surface area contributed by atoms with Crippen LogP contribution in [-0.2, 0) is 11.3 Å². The van der Waals surface area contributed by atoms with Crippen molar-refractivity contribution in [1.29, 1.82) is 0 Å². The Kier molecular flexibility index (Phi) is 2.08. The number of carbonyl (C=O) groups excluding carboxylic acids is 1. The van der Waals surface area contributed by atoms with Gasteiger partial charge in [-0.15, -0.1) is 0 Å². The normalized spacial score (nSPS) is 16.1. The molecule has 0 radical (unpaired) electrons. The molecule has 3 rings (SSSR count). The van der Waals surface area contributed by atoms with Crippen LogP contribution in [0.15, 0.2) is 29.7 Å². The van der Waals surface area contributed by atoms with Gasteiger partial charge in [-0.2, -0.15) is 0 Å². The van der Waals surface area contributed by atoms with E-state index in [9.17, 15) is 4.79 Å². The van der Waals surface area contributed by atoms with Gasteiger partial charge in [0.2, 0.25) is 5.78 Å². The first-order valence-corrected chi connectivity index (χ1v) is 5.52. The average molecular weight is 228 g/mol. The van der Waals surface area contributed by atoms with Crippen molar-refractivity contribution in [3.8, 4) is 5.75 Å². The molecule has 0 amide bonds. The summed E-state index contributed by atoms with van der Waals surface area (Å²) in [5.74, 6) is 1.08. The number of benzene rings is 1. The van der Waals surface area contributed by atoms with Crippen LogP contribution >= 0.6 is 0 Å². The molecular weight excluding hydrogens is 216 g/mol. The maximum absolute atomic E-state index is 12.1. The number of carbonyl (C=O) groups is 1. The molecule has 0 unspecified atom stereocenters. The highest BCUT2D eigenvalue weighted by molar-refractivity contribution is 6.13. The Morgan fingerprint density at radius 1 is 1.29 bits per heavy atom. The van der Waals surface area contributed by atoms with Gasteiger partial charge in [-0.05, 0) is 37.1 Å². The predicted molar refractivity (Wildman–Crippen MR) is 63.6 cm³/mol. The SMILES string of the molecule is CC(C)=C1Oc2c(ccc3c2COC=C3)C1=O. The van der Waals surface area contributed by atoms with Gasteiger partial charge in [0.1, 0.15) is 12.4 Å². The molecule has 0 N–H and O–H groups in total. The Labute approximate surface area is 99.3 Å². The summed E-state index contributed by atoms with van der Waals surface area (Å²) in [6.07, 6.45) is 3.54. The van der Waals surface area contributed by atoms with Gasteiger partial charge in [0.25, 0.3) is 0 Å². The van der Waals surface area contributed by atoms with E-state index in [0.717, 1.165) is 16.7 Å². The summed E-state index contributed by atoms with van der Waals surface area (Å²) in [7, 11) is 0. The van der Waals surface area contributed by atoms with Crippen molar-refractivity contribution in [1.82, 2.24) is 0 Å². The number of allylic oxidation sites excluding steroid dienone is 2. The third-order valence-electron chi connectivity index (χ3n) is 2.98. The number of ketones is 1. The van der Waals surface area contributed by atoms with Gasteiger partial charge in [-0.1, -0.05) is 6.07 Å². The molecule has 0 saturated carbocycles. The predicted octanol–water partition coefficient (Wildman–Crippen LogP) is 3.06. The molecule has 17 heavy (non-hydrogen) atoms. The maximum Gasteiger partial charge on any atom is 0.231 e. The van der Waals surface area contributed by atoms with Crippen LogP contribution in [0.1, 0.15) is 35.3 Å². The van der Waals surface area contributed by atoms with Crippen molar-refractivity contribution in [3.05, 3.63) is 46.4 Å². The van der Waals surface area contributed by atoms with Gasteiger partial charge in [-0.25, -0.2) is 0 Å². The standard InChI is InChI=1S/C14H12O3/c1-8(2)13-12(15)10-4-3-9-5-6-16-7-11(9)14(10)17-13/h3-6H,7H2,1-2H3. The second kappa shape index (κ2) is 3.48. The third kappa shape index (κ3) is 1.39. The number of hydrogen-bond donors (Lipinski definition) is 0. The van der Waals surface area contributed by atoms with Gasteiger partial charge in [0, 0.05) is 5.56 Å². The minimum atomic E-state index is -0.0302. The van der Waals surface area contributed by atoms with Gasteiger partial charge in [0.15, 0.2) is 5.76 Å². The third-order valence-corrected chi connectivity index (χ3v) is 2.98. The van der Waals surface area contributed by atoms with Crippen molar-refractivity contribution in [2.45, 2.75) is 20.5 Å². The van der Waals surface area contributed by atoms with Crippen LogP contribution in [0, 0.1) is 0 Å². The van der Waals surface area contributed by atoms with E-state index in [2.05, 4.69) is 0 Å². The Bertz CT molecular complexity index is 575. The fourth-order valence-electron chi connectivity index (χ4n) is 2.10. The largest absolute Gasteiger partial charge is 0.496 e. The first kappa shape index (κ1) is 10.1. The lowest BCUT2D eigenvalue weighted by Crippen LogP contribution is -2.00. The lowest BCUT2D eigenvalue weighted by atomic mass is 10.00. The van der Waals surface area contributed by atoms with Crippen LogP contribution in [0.25, 0.3) is 6.08 Å². The van der Waals surface area contributed by atoms with Crippen LogP contribution in [-0.4, -0.2) is 5.78 Å². The Hall–Kier alpha value is -2.03.